The Balaban J connectivity index is 1.89. The fraction of sp³-hybridized carbons (Fsp3) is 0.562. The highest BCUT2D eigenvalue weighted by molar-refractivity contribution is 5.86. The highest BCUT2D eigenvalue weighted by Crippen LogP contribution is 2.30. The summed E-state index contributed by atoms with van der Waals surface area (Å²) in [5.41, 5.74) is 5.99. The van der Waals surface area contributed by atoms with Crippen LogP contribution in [-0.4, -0.2) is 49.7 Å². The molecule has 1 heterocycles. The summed E-state index contributed by atoms with van der Waals surface area (Å²) in [5, 5.41) is 3.51. The number of primary amides is 1. The van der Waals surface area contributed by atoms with Crippen molar-refractivity contribution in [2.75, 3.05) is 32.8 Å². The molecule has 1 aliphatic carbocycles. The second-order valence-corrected chi connectivity index (χ2v) is 5.94. The Morgan fingerprint density at radius 1 is 1.29 bits per heavy atom. The maximum atomic E-state index is 12.4. The molecular weight excluding hydrogens is 266 g/mol. The summed E-state index contributed by atoms with van der Waals surface area (Å²) in [6, 6.07) is 10.3. The van der Waals surface area contributed by atoms with E-state index in [1.165, 1.54) is 0 Å². The first-order valence-electron chi connectivity index (χ1n) is 7.64. The number of carbonyl (C=O) groups excluding carboxylic acids is 1. The third kappa shape index (κ3) is 3.26. The Bertz CT molecular complexity index is 484. The molecule has 2 fully saturated rings. The van der Waals surface area contributed by atoms with Crippen LogP contribution in [0.25, 0.3) is 0 Å². The highest BCUT2D eigenvalue weighted by Gasteiger charge is 2.44. The summed E-state index contributed by atoms with van der Waals surface area (Å²) >= 11 is 0. The fourth-order valence-corrected chi connectivity index (χ4v) is 2.91. The third-order valence-corrected chi connectivity index (χ3v) is 4.28. The largest absolute Gasteiger partial charge is 0.379 e. The predicted molar refractivity (Wildman–Crippen MR) is 80.7 cm³/mol. The van der Waals surface area contributed by atoms with Crippen LogP contribution in [0.2, 0.25) is 0 Å². The van der Waals surface area contributed by atoms with Crippen molar-refractivity contribution in [1.82, 2.24) is 10.2 Å². The molecule has 1 aromatic rings. The Morgan fingerprint density at radius 2 is 1.95 bits per heavy atom. The lowest BCUT2D eigenvalue weighted by molar-refractivity contribution is -0.126. The van der Waals surface area contributed by atoms with Crippen molar-refractivity contribution in [3.8, 4) is 0 Å². The minimum Gasteiger partial charge on any atom is -0.379 e. The van der Waals surface area contributed by atoms with Crippen LogP contribution in [0.3, 0.4) is 0 Å². The Labute approximate surface area is 125 Å². The van der Waals surface area contributed by atoms with Crippen LogP contribution in [0.1, 0.15) is 18.4 Å². The van der Waals surface area contributed by atoms with Gasteiger partial charge in [0.05, 0.1) is 13.2 Å². The molecule has 21 heavy (non-hydrogen) atoms. The molecular formula is C16H23N3O2. The van der Waals surface area contributed by atoms with E-state index < -0.39 is 5.54 Å². The van der Waals surface area contributed by atoms with Gasteiger partial charge in [-0.05, 0) is 18.4 Å². The van der Waals surface area contributed by atoms with Gasteiger partial charge < -0.3 is 10.5 Å². The number of nitrogens with one attached hydrogen (secondary N) is 1. The molecule has 2 aliphatic rings. The Morgan fingerprint density at radius 3 is 2.52 bits per heavy atom. The van der Waals surface area contributed by atoms with Crippen LogP contribution < -0.4 is 11.1 Å². The molecule has 0 radical (unpaired) electrons. The number of hydrogen-bond acceptors (Lipinski definition) is 4. The SMILES string of the molecule is NC(=O)C(CN1CCOCC1)(NC1CC1)c1ccccc1. The van der Waals surface area contributed by atoms with Crippen molar-refractivity contribution in [2.24, 2.45) is 5.73 Å². The second kappa shape index (κ2) is 6.13. The van der Waals surface area contributed by atoms with E-state index in [4.69, 9.17) is 10.5 Å². The molecule has 3 rings (SSSR count). The van der Waals surface area contributed by atoms with Gasteiger partial charge in [0, 0.05) is 25.7 Å². The normalized spacial score (nSPS) is 22.7. The zero-order valence-electron chi connectivity index (χ0n) is 12.3. The zero-order chi connectivity index (χ0) is 14.7. The smallest absolute Gasteiger partial charge is 0.243 e. The Kier molecular flexibility index (Phi) is 4.24. The van der Waals surface area contributed by atoms with Gasteiger partial charge in [0.2, 0.25) is 5.91 Å². The molecule has 0 bridgehead atoms. The van der Waals surface area contributed by atoms with Crippen LogP contribution in [0, 0.1) is 0 Å². The average Bonchev–Trinajstić information content (AvgIpc) is 3.32. The van der Waals surface area contributed by atoms with E-state index in [1.807, 2.05) is 30.3 Å². The molecule has 1 aliphatic heterocycles. The van der Waals surface area contributed by atoms with Gasteiger partial charge in [-0.15, -0.1) is 0 Å². The standard InChI is InChI=1S/C16H23N3O2/c17-15(20)16(18-14-6-7-14,13-4-2-1-3-5-13)12-19-8-10-21-11-9-19/h1-5,14,18H,6-12H2,(H2,17,20). The number of morpholine rings is 1. The molecule has 1 aromatic carbocycles. The quantitative estimate of drug-likeness (QED) is 0.798. The number of ether oxygens (including phenoxy) is 1. The van der Waals surface area contributed by atoms with Crippen LogP contribution in [0.15, 0.2) is 30.3 Å². The monoisotopic (exact) mass is 289 g/mol. The van der Waals surface area contributed by atoms with E-state index in [0.717, 1.165) is 31.5 Å². The van der Waals surface area contributed by atoms with E-state index in [-0.39, 0.29) is 5.91 Å². The van der Waals surface area contributed by atoms with Crippen molar-refractivity contribution in [2.45, 2.75) is 24.4 Å². The minimum atomic E-state index is -0.806. The number of benzene rings is 1. The first kappa shape index (κ1) is 14.5. The molecule has 0 aromatic heterocycles. The number of rotatable bonds is 6. The lowest BCUT2D eigenvalue weighted by atomic mass is 9.87. The van der Waals surface area contributed by atoms with E-state index in [9.17, 15) is 4.79 Å². The summed E-state index contributed by atoms with van der Waals surface area (Å²) in [6.45, 7) is 3.72. The van der Waals surface area contributed by atoms with Crippen molar-refractivity contribution in [1.29, 1.82) is 0 Å². The van der Waals surface area contributed by atoms with Gasteiger partial charge in [0.25, 0.3) is 0 Å². The van der Waals surface area contributed by atoms with Crippen LogP contribution >= 0.6 is 0 Å². The third-order valence-electron chi connectivity index (χ3n) is 4.28. The minimum absolute atomic E-state index is 0.299. The summed E-state index contributed by atoms with van der Waals surface area (Å²) < 4.78 is 5.40. The summed E-state index contributed by atoms with van der Waals surface area (Å²) in [4.78, 5) is 14.6. The van der Waals surface area contributed by atoms with Gasteiger partial charge in [-0.1, -0.05) is 30.3 Å². The molecule has 0 spiro atoms. The average molecular weight is 289 g/mol. The van der Waals surface area contributed by atoms with Gasteiger partial charge in [0.1, 0.15) is 5.54 Å². The summed E-state index contributed by atoms with van der Waals surface area (Å²) in [5.74, 6) is -0.299. The lowest BCUT2D eigenvalue weighted by Gasteiger charge is -2.38. The molecule has 1 saturated heterocycles. The van der Waals surface area contributed by atoms with Gasteiger partial charge >= 0.3 is 0 Å². The predicted octanol–water partition coefficient (Wildman–Crippen LogP) is 0.451. The molecule has 1 saturated carbocycles. The van der Waals surface area contributed by atoms with E-state index in [2.05, 4.69) is 10.2 Å². The molecule has 114 valence electrons. The van der Waals surface area contributed by atoms with Gasteiger partial charge in [-0.2, -0.15) is 0 Å². The lowest BCUT2D eigenvalue weighted by Crippen LogP contribution is -2.60. The number of carbonyl (C=O) groups is 1. The van der Waals surface area contributed by atoms with E-state index in [0.29, 0.717) is 25.8 Å². The first-order chi connectivity index (χ1) is 10.2. The highest BCUT2D eigenvalue weighted by atomic mass is 16.5. The number of amides is 1. The number of nitrogens with two attached hydrogens (primary N) is 1. The van der Waals surface area contributed by atoms with Crippen molar-refractivity contribution >= 4 is 5.91 Å². The van der Waals surface area contributed by atoms with Gasteiger partial charge in [-0.25, -0.2) is 0 Å². The van der Waals surface area contributed by atoms with Crippen molar-refractivity contribution in [3.63, 3.8) is 0 Å². The molecule has 5 nitrogen and oxygen atoms in total. The van der Waals surface area contributed by atoms with Gasteiger partial charge in [-0.3, -0.25) is 15.0 Å². The van der Waals surface area contributed by atoms with Gasteiger partial charge in [0.15, 0.2) is 0 Å². The number of hydrogen-bond donors (Lipinski definition) is 2. The second-order valence-electron chi connectivity index (χ2n) is 5.94. The molecule has 1 amide bonds. The maximum Gasteiger partial charge on any atom is 0.243 e. The van der Waals surface area contributed by atoms with Crippen LogP contribution in [0.5, 0.6) is 0 Å². The topological polar surface area (TPSA) is 67.6 Å². The van der Waals surface area contributed by atoms with Crippen molar-refractivity contribution in [3.05, 3.63) is 35.9 Å². The fourth-order valence-electron chi connectivity index (χ4n) is 2.91. The van der Waals surface area contributed by atoms with Crippen LogP contribution in [-0.2, 0) is 15.1 Å². The maximum absolute atomic E-state index is 12.4. The Hall–Kier alpha value is -1.43. The molecule has 5 heteroatoms. The van der Waals surface area contributed by atoms with Crippen molar-refractivity contribution < 1.29 is 9.53 Å². The summed E-state index contributed by atoms with van der Waals surface area (Å²) in [6.07, 6.45) is 2.23. The zero-order valence-corrected chi connectivity index (χ0v) is 12.3. The van der Waals surface area contributed by atoms with E-state index >= 15 is 0 Å². The van der Waals surface area contributed by atoms with Crippen LogP contribution in [0.4, 0.5) is 0 Å². The number of nitrogens with zero attached hydrogens (tertiary/aromatic N) is 1. The first-order valence-corrected chi connectivity index (χ1v) is 7.64. The molecule has 1 unspecified atom stereocenters. The van der Waals surface area contributed by atoms with E-state index in [1.54, 1.807) is 0 Å². The molecule has 1 atom stereocenters. The molecule has 3 N–H and O–H groups in total. The summed E-state index contributed by atoms with van der Waals surface area (Å²) in [7, 11) is 0.